The minimum atomic E-state index is -1.78. The first-order chi connectivity index (χ1) is 7.07. The first-order valence-corrected chi connectivity index (χ1v) is 6.42. The van der Waals surface area contributed by atoms with Gasteiger partial charge in [0.05, 0.1) is 0 Å². The van der Waals surface area contributed by atoms with Crippen molar-refractivity contribution >= 4 is 11.1 Å². The molecule has 0 saturated carbocycles. The van der Waals surface area contributed by atoms with E-state index < -0.39 is 11.1 Å². The Labute approximate surface area is 93.9 Å². The molecule has 0 amide bonds. The van der Waals surface area contributed by atoms with Gasteiger partial charge in [0.2, 0.25) is 0 Å². The molecule has 0 bridgehead atoms. The third-order valence-corrected chi connectivity index (χ3v) is 3.66. The van der Waals surface area contributed by atoms with Crippen molar-refractivity contribution in [2.45, 2.75) is 32.1 Å². The van der Waals surface area contributed by atoms with Gasteiger partial charge in [-0.25, -0.2) is 4.21 Å². The Hall–Kier alpha value is -0.450. The molecule has 86 valence electrons. The van der Waals surface area contributed by atoms with Crippen molar-refractivity contribution in [2.24, 2.45) is 5.41 Å². The lowest BCUT2D eigenvalue weighted by molar-refractivity contribution is 0.380. The summed E-state index contributed by atoms with van der Waals surface area (Å²) >= 11 is -1.78. The summed E-state index contributed by atoms with van der Waals surface area (Å²) in [7, 11) is 0. The van der Waals surface area contributed by atoms with Crippen molar-refractivity contribution in [1.82, 2.24) is 5.32 Å². The van der Waals surface area contributed by atoms with Crippen molar-refractivity contribution in [3.8, 4) is 0 Å². The molecule has 1 aliphatic carbocycles. The monoisotopic (exact) mass is 229 g/mol. The van der Waals surface area contributed by atoms with E-state index in [1.165, 1.54) is 0 Å². The van der Waals surface area contributed by atoms with Gasteiger partial charge < -0.3 is 9.87 Å². The molecule has 3 nitrogen and oxygen atoms in total. The molecular weight excluding hydrogens is 210 g/mol. The second-order valence-corrected chi connectivity index (χ2v) is 5.32. The highest BCUT2D eigenvalue weighted by atomic mass is 32.2. The van der Waals surface area contributed by atoms with E-state index in [4.69, 9.17) is 4.55 Å². The second kappa shape index (κ2) is 5.58. The molecule has 0 aromatic carbocycles. The minimum Gasteiger partial charge on any atom is -0.305 e. The Morgan fingerprint density at radius 1 is 1.60 bits per heavy atom. The largest absolute Gasteiger partial charge is 0.305 e. The molecule has 3 unspecified atom stereocenters. The predicted molar refractivity (Wildman–Crippen MR) is 63.9 cm³/mol. The summed E-state index contributed by atoms with van der Waals surface area (Å²) in [6.45, 7) is 4.79. The third-order valence-electron chi connectivity index (χ3n) is 2.68. The molecule has 0 spiro atoms. The first-order valence-electron chi connectivity index (χ1n) is 5.25. The molecule has 0 saturated heterocycles. The topological polar surface area (TPSA) is 49.3 Å². The van der Waals surface area contributed by atoms with Gasteiger partial charge in [-0.3, -0.25) is 0 Å². The molecule has 0 fully saturated rings. The van der Waals surface area contributed by atoms with Gasteiger partial charge in [0, 0.05) is 12.0 Å². The van der Waals surface area contributed by atoms with E-state index in [2.05, 4.69) is 24.4 Å². The molecule has 2 N–H and O–H groups in total. The zero-order valence-corrected chi connectivity index (χ0v) is 10.1. The summed E-state index contributed by atoms with van der Waals surface area (Å²) < 4.78 is 19.9. The van der Waals surface area contributed by atoms with Crippen LogP contribution in [0.25, 0.3) is 0 Å². The van der Waals surface area contributed by atoms with Gasteiger partial charge in [0.25, 0.3) is 0 Å². The summed E-state index contributed by atoms with van der Waals surface area (Å²) in [5, 5.41) is 2.83. The SMILES string of the molecule is CCC(NCC1(C)C=CC=CC1)S(=O)O. The van der Waals surface area contributed by atoms with E-state index in [1.807, 2.05) is 19.1 Å². The molecule has 1 rings (SSSR count). The molecule has 3 atom stereocenters. The predicted octanol–water partition coefficient (Wildman–Crippen LogP) is 2.06. The van der Waals surface area contributed by atoms with Crippen LogP contribution in [-0.2, 0) is 11.1 Å². The number of hydrogen-bond donors (Lipinski definition) is 2. The number of allylic oxidation sites excluding steroid dienone is 3. The fourth-order valence-corrected chi connectivity index (χ4v) is 2.12. The maximum Gasteiger partial charge on any atom is 0.170 e. The summed E-state index contributed by atoms with van der Waals surface area (Å²) in [6.07, 6.45) is 9.97. The highest BCUT2D eigenvalue weighted by molar-refractivity contribution is 7.79. The maximum absolute atomic E-state index is 10.9. The van der Waals surface area contributed by atoms with Crippen LogP contribution in [0.1, 0.15) is 26.7 Å². The van der Waals surface area contributed by atoms with Crippen LogP contribution in [0.5, 0.6) is 0 Å². The zero-order valence-electron chi connectivity index (χ0n) is 9.27. The molecule has 15 heavy (non-hydrogen) atoms. The Morgan fingerprint density at radius 3 is 2.80 bits per heavy atom. The Bertz CT molecular complexity index is 288. The lowest BCUT2D eigenvalue weighted by Gasteiger charge is -2.28. The first kappa shape index (κ1) is 12.6. The lowest BCUT2D eigenvalue weighted by Crippen LogP contribution is -2.39. The Balaban J connectivity index is 2.45. The molecule has 0 heterocycles. The molecule has 0 aliphatic heterocycles. The number of rotatable bonds is 5. The van der Waals surface area contributed by atoms with E-state index in [1.54, 1.807) is 0 Å². The molecule has 0 aromatic heterocycles. The normalized spacial score (nSPS) is 29.0. The summed E-state index contributed by atoms with van der Waals surface area (Å²) in [4.78, 5) is 0. The van der Waals surface area contributed by atoms with Gasteiger partial charge in [-0.05, 0) is 12.8 Å². The van der Waals surface area contributed by atoms with Crippen LogP contribution in [0, 0.1) is 5.41 Å². The van der Waals surface area contributed by atoms with Gasteiger partial charge in [-0.15, -0.1) is 0 Å². The van der Waals surface area contributed by atoms with Crippen molar-refractivity contribution in [2.75, 3.05) is 6.54 Å². The van der Waals surface area contributed by atoms with Crippen LogP contribution in [0.2, 0.25) is 0 Å². The van der Waals surface area contributed by atoms with Crippen LogP contribution in [0.4, 0.5) is 0 Å². The summed E-state index contributed by atoms with van der Waals surface area (Å²) in [5.74, 6) is 0. The maximum atomic E-state index is 10.9. The zero-order chi connectivity index (χ0) is 11.3. The Kier molecular flexibility index (Phi) is 4.70. The number of hydrogen-bond acceptors (Lipinski definition) is 2. The standard InChI is InChI=1S/C11H19NO2S/c1-3-10(15(13)14)12-9-11(2)7-5-4-6-8-11/h4-7,10,12H,3,8-9H2,1-2H3,(H,13,14). The fourth-order valence-electron chi connectivity index (χ4n) is 1.61. The quantitative estimate of drug-likeness (QED) is 0.709. The van der Waals surface area contributed by atoms with Crippen molar-refractivity contribution in [1.29, 1.82) is 0 Å². The molecule has 4 heteroatoms. The molecular formula is C11H19NO2S. The highest BCUT2D eigenvalue weighted by Crippen LogP contribution is 2.26. The fraction of sp³-hybridized carbons (Fsp3) is 0.636. The van der Waals surface area contributed by atoms with Crippen LogP contribution in [0.15, 0.2) is 24.3 Å². The van der Waals surface area contributed by atoms with Gasteiger partial charge in [0.1, 0.15) is 5.37 Å². The molecule has 1 aliphatic rings. The van der Waals surface area contributed by atoms with E-state index in [0.29, 0.717) is 6.42 Å². The van der Waals surface area contributed by atoms with E-state index in [0.717, 1.165) is 13.0 Å². The van der Waals surface area contributed by atoms with Gasteiger partial charge in [-0.1, -0.05) is 38.2 Å². The van der Waals surface area contributed by atoms with Crippen molar-refractivity contribution in [3.63, 3.8) is 0 Å². The molecule has 0 radical (unpaired) electrons. The summed E-state index contributed by atoms with van der Waals surface area (Å²) in [5.41, 5.74) is 0.0710. The van der Waals surface area contributed by atoms with Gasteiger partial charge in [0.15, 0.2) is 11.1 Å². The second-order valence-electron chi connectivity index (χ2n) is 4.20. The lowest BCUT2D eigenvalue weighted by atomic mass is 9.84. The average molecular weight is 229 g/mol. The van der Waals surface area contributed by atoms with E-state index >= 15 is 0 Å². The average Bonchev–Trinajstić information content (AvgIpc) is 2.19. The third kappa shape index (κ3) is 3.89. The Morgan fingerprint density at radius 2 is 2.33 bits per heavy atom. The van der Waals surface area contributed by atoms with Crippen LogP contribution >= 0.6 is 0 Å². The van der Waals surface area contributed by atoms with Gasteiger partial charge >= 0.3 is 0 Å². The van der Waals surface area contributed by atoms with Crippen LogP contribution < -0.4 is 5.32 Å². The van der Waals surface area contributed by atoms with E-state index in [-0.39, 0.29) is 10.8 Å². The van der Waals surface area contributed by atoms with Crippen LogP contribution in [-0.4, -0.2) is 20.7 Å². The smallest absolute Gasteiger partial charge is 0.170 e. The molecule has 0 aromatic rings. The van der Waals surface area contributed by atoms with E-state index in [9.17, 15) is 4.21 Å². The highest BCUT2D eigenvalue weighted by Gasteiger charge is 2.23. The minimum absolute atomic E-state index is 0.0710. The number of nitrogens with one attached hydrogen (secondary N) is 1. The van der Waals surface area contributed by atoms with Gasteiger partial charge in [-0.2, -0.15) is 0 Å². The van der Waals surface area contributed by atoms with Crippen LogP contribution in [0.3, 0.4) is 0 Å². The van der Waals surface area contributed by atoms with Crippen molar-refractivity contribution in [3.05, 3.63) is 24.3 Å². The van der Waals surface area contributed by atoms with Crippen molar-refractivity contribution < 1.29 is 8.76 Å². The summed E-state index contributed by atoms with van der Waals surface area (Å²) in [6, 6.07) is 0.